The molecule has 0 aliphatic rings. The molecule has 0 aromatic heterocycles. The molecule has 1 unspecified atom stereocenters. The lowest BCUT2D eigenvalue weighted by molar-refractivity contribution is -0.348. The van der Waals surface area contributed by atoms with Crippen molar-refractivity contribution in [2.45, 2.75) is 37.0 Å². The van der Waals surface area contributed by atoms with E-state index in [2.05, 4.69) is 15.9 Å². The summed E-state index contributed by atoms with van der Waals surface area (Å²) in [5, 5.41) is 0. The van der Waals surface area contributed by atoms with Crippen LogP contribution < -0.4 is 0 Å². The first kappa shape index (κ1) is 20.0. The van der Waals surface area contributed by atoms with Crippen molar-refractivity contribution in [3.8, 4) is 0 Å². The molecule has 0 nitrogen and oxygen atoms in total. The fourth-order valence-electron chi connectivity index (χ4n) is 1.74. The highest BCUT2D eigenvalue weighted by atomic mass is 79.9. The fourth-order valence-corrected chi connectivity index (χ4v) is 2.25. The molecule has 0 aliphatic heterocycles. The molecule has 0 heterocycles. The minimum Gasteiger partial charge on any atom is -0.218 e. The zero-order valence-electron chi connectivity index (χ0n) is 11.0. The van der Waals surface area contributed by atoms with Crippen LogP contribution in [0, 0.1) is 0 Å². The summed E-state index contributed by atoms with van der Waals surface area (Å²) in [4.78, 5) is 0. The molecular formula is C12H7BrF10. The van der Waals surface area contributed by atoms with Crippen LogP contribution in [-0.4, -0.2) is 18.5 Å². The van der Waals surface area contributed by atoms with Crippen LogP contribution in [0.5, 0.6) is 0 Å². The van der Waals surface area contributed by atoms with Crippen molar-refractivity contribution in [1.82, 2.24) is 0 Å². The number of rotatable bonds is 2. The first-order valence-electron chi connectivity index (χ1n) is 5.72. The molecule has 0 fully saturated rings. The summed E-state index contributed by atoms with van der Waals surface area (Å²) in [6.07, 6.45) is -17.7. The highest BCUT2D eigenvalue weighted by Gasteiger charge is 2.73. The van der Waals surface area contributed by atoms with Gasteiger partial charge in [-0.25, -0.2) is 4.39 Å². The van der Waals surface area contributed by atoms with Gasteiger partial charge in [0.25, 0.3) is 0 Å². The first-order valence-corrected chi connectivity index (χ1v) is 6.51. The third kappa shape index (κ3) is 3.74. The molecule has 1 aromatic rings. The average Bonchev–Trinajstić information content (AvgIpc) is 2.32. The lowest BCUT2D eigenvalue weighted by atomic mass is 9.90. The Bertz CT molecular complexity index is 555. The summed E-state index contributed by atoms with van der Waals surface area (Å²) < 4.78 is 127. The third-order valence-electron chi connectivity index (χ3n) is 3.09. The van der Waals surface area contributed by atoms with Gasteiger partial charge in [-0.2, -0.15) is 39.5 Å². The predicted octanol–water partition coefficient (Wildman–Crippen LogP) is 6.40. The lowest BCUT2D eigenvalue weighted by Crippen LogP contribution is -2.50. The second kappa shape index (κ2) is 5.82. The minimum absolute atomic E-state index is 0.0795. The molecule has 1 rings (SSSR count). The summed E-state index contributed by atoms with van der Waals surface area (Å²) in [6, 6.07) is 0.742. The quantitative estimate of drug-likeness (QED) is 0.485. The Hall–Kier alpha value is -1.00. The topological polar surface area (TPSA) is 0 Å². The van der Waals surface area contributed by atoms with Crippen LogP contribution in [0.1, 0.15) is 24.0 Å². The van der Waals surface area contributed by atoms with E-state index in [0.717, 1.165) is 0 Å². The van der Waals surface area contributed by atoms with Crippen LogP contribution in [-0.2, 0) is 5.67 Å². The summed E-state index contributed by atoms with van der Waals surface area (Å²) in [6.45, 7) is 0.534. The smallest absolute Gasteiger partial charge is 0.218 e. The highest BCUT2D eigenvalue weighted by Crippen LogP contribution is 2.54. The Morgan fingerprint density at radius 3 is 1.57 bits per heavy atom. The number of halogens is 11. The van der Waals surface area contributed by atoms with E-state index in [4.69, 9.17) is 0 Å². The molecule has 0 spiro atoms. The van der Waals surface area contributed by atoms with Crippen molar-refractivity contribution < 1.29 is 43.9 Å². The van der Waals surface area contributed by atoms with E-state index in [9.17, 15) is 43.9 Å². The van der Waals surface area contributed by atoms with Gasteiger partial charge in [0.2, 0.25) is 0 Å². The normalized spacial score (nSPS) is 15.7. The van der Waals surface area contributed by atoms with Gasteiger partial charge < -0.3 is 0 Å². The molecule has 1 atom stereocenters. The summed E-state index contributed by atoms with van der Waals surface area (Å²) in [7, 11) is 0. The third-order valence-corrected chi connectivity index (χ3v) is 3.55. The van der Waals surface area contributed by atoms with Crippen LogP contribution in [0.4, 0.5) is 43.9 Å². The van der Waals surface area contributed by atoms with Gasteiger partial charge in [0.1, 0.15) is 0 Å². The maximum Gasteiger partial charge on any atom is 0.435 e. The van der Waals surface area contributed by atoms with E-state index in [0.29, 0.717) is 13.0 Å². The fraction of sp³-hybridized carbons (Fsp3) is 0.500. The Morgan fingerprint density at radius 2 is 1.22 bits per heavy atom. The second-order valence-corrected chi connectivity index (χ2v) is 5.61. The number of benzene rings is 1. The van der Waals surface area contributed by atoms with Crippen molar-refractivity contribution in [3.05, 3.63) is 33.8 Å². The zero-order valence-corrected chi connectivity index (χ0v) is 12.6. The lowest BCUT2D eigenvalue weighted by Gasteiger charge is -2.31. The van der Waals surface area contributed by atoms with E-state index in [1.165, 1.54) is 0 Å². The molecule has 0 saturated heterocycles. The van der Waals surface area contributed by atoms with Gasteiger partial charge in [-0.1, -0.05) is 22.0 Å². The maximum atomic E-state index is 13.9. The predicted molar refractivity (Wildman–Crippen MR) is 63.5 cm³/mol. The molecule has 0 aliphatic carbocycles. The maximum absolute atomic E-state index is 13.9. The first-order chi connectivity index (χ1) is 10.0. The Labute approximate surface area is 131 Å². The molecule has 0 amide bonds. The molecule has 11 heteroatoms. The molecule has 0 N–H and O–H groups in total. The average molecular weight is 421 g/mol. The number of hydrogen-bond donors (Lipinski definition) is 0. The summed E-state index contributed by atoms with van der Waals surface area (Å²) >= 11 is 2.51. The second-order valence-electron chi connectivity index (χ2n) is 4.69. The highest BCUT2D eigenvalue weighted by molar-refractivity contribution is 9.10. The zero-order chi connectivity index (χ0) is 18.4. The monoisotopic (exact) mass is 420 g/mol. The van der Waals surface area contributed by atoms with Gasteiger partial charge >= 0.3 is 24.2 Å². The molecule has 23 heavy (non-hydrogen) atoms. The van der Waals surface area contributed by atoms with Gasteiger partial charge in [0, 0.05) is 10.0 Å². The molecule has 132 valence electrons. The Morgan fingerprint density at radius 1 is 0.783 bits per heavy atom. The van der Waals surface area contributed by atoms with Crippen molar-refractivity contribution in [1.29, 1.82) is 0 Å². The molecule has 0 radical (unpaired) electrons. The standard InChI is InChI=1S/C12H7BrF10/c1-5(10(15,16)17)6-2-7(4-8(13)3-6)9(14,11(18,19)20)12(21,22)23/h2-5H,1H3. The molecule has 0 saturated carbocycles. The summed E-state index contributed by atoms with van der Waals surface area (Å²) in [5.41, 5.74) is -8.69. The van der Waals surface area contributed by atoms with E-state index < -0.39 is 45.7 Å². The SMILES string of the molecule is CC(c1cc(Br)cc(C(F)(C(F)(F)F)C(F)(F)F)c1)C(F)(F)F. The van der Waals surface area contributed by atoms with Crippen LogP contribution in [0.25, 0.3) is 0 Å². The summed E-state index contributed by atoms with van der Waals surface area (Å²) in [5.74, 6) is -2.38. The van der Waals surface area contributed by atoms with Gasteiger partial charge in [0.15, 0.2) is 0 Å². The van der Waals surface area contributed by atoms with Crippen LogP contribution in [0.15, 0.2) is 22.7 Å². The van der Waals surface area contributed by atoms with E-state index in [-0.39, 0.29) is 12.1 Å². The Kier molecular flexibility index (Phi) is 5.07. The van der Waals surface area contributed by atoms with Gasteiger partial charge in [0.05, 0.1) is 5.92 Å². The van der Waals surface area contributed by atoms with Gasteiger partial charge in [-0.05, 0) is 24.6 Å². The Balaban J connectivity index is 3.62. The molecule has 0 bridgehead atoms. The largest absolute Gasteiger partial charge is 0.435 e. The van der Waals surface area contributed by atoms with Crippen LogP contribution >= 0.6 is 15.9 Å². The number of alkyl halides is 10. The van der Waals surface area contributed by atoms with Crippen LogP contribution in [0.3, 0.4) is 0 Å². The number of hydrogen-bond acceptors (Lipinski definition) is 0. The van der Waals surface area contributed by atoms with Crippen molar-refractivity contribution in [2.75, 3.05) is 0 Å². The van der Waals surface area contributed by atoms with Crippen molar-refractivity contribution >= 4 is 15.9 Å². The van der Waals surface area contributed by atoms with Gasteiger partial charge in [-0.15, -0.1) is 0 Å². The van der Waals surface area contributed by atoms with E-state index in [1.54, 1.807) is 0 Å². The van der Waals surface area contributed by atoms with Crippen LogP contribution in [0.2, 0.25) is 0 Å². The van der Waals surface area contributed by atoms with Crippen molar-refractivity contribution in [3.63, 3.8) is 0 Å². The van der Waals surface area contributed by atoms with Crippen molar-refractivity contribution in [2.24, 2.45) is 0 Å². The van der Waals surface area contributed by atoms with E-state index >= 15 is 0 Å². The van der Waals surface area contributed by atoms with E-state index in [1.807, 2.05) is 0 Å². The molecule has 1 aromatic carbocycles. The molecular weight excluding hydrogens is 414 g/mol. The van der Waals surface area contributed by atoms with Gasteiger partial charge in [-0.3, -0.25) is 0 Å². The minimum atomic E-state index is -6.40.